The van der Waals surface area contributed by atoms with E-state index in [2.05, 4.69) is 5.32 Å². The molecule has 0 saturated carbocycles. The highest BCUT2D eigenvalue weighted by Crippen LogP contribution is 2.17. The quantitative estimate of drug-likeness (QED) is 0.909. The molecule has 1 fully saturated rings. The van der Waals surface area contributed by atoms with Crippen molar-refractivity contribution in [3.63, 3.8) is 0 Å². The number of piperidine rings is 1. The number of nitrogens with zero attached hydrogens (tertiary/aromatic N) is 1. The molecule has 1 aromatic rings. The van der Waals surface area contributed by atoms with E-state index in [0.29, 0.717) is 6.54 Å². The van der Waals surface area contributed by atoms with Gasteiger partial charge in [0.2, 0.25) is 0 Å². The second-order valence-corrected chi connectivity index (χ2v) is 5.80. The Morgan fingerprint density at radius 3 is 2.68 bits per heavy atom. The van der Waals surface area contributed by atoms with Gasteiger partial charge in [-0.3, -0.25) is 0 Å². The summed E-state index contributed by atoms with van der Waals surface area (Å²) in [6, 6.07) is 7.88. The molecule has 1 N–H and O–H groups in total. The summed E-state index contributed by atoms with van der Waals surface area (Å²) < 4.78 is 11.2. The molecule has 2 rings (SSSR count). The van der Waals surface area contributed by atoms with Gasteiger partial charge in [-0.2, -0.15) is 0 Å². The van der Waals surface area contributed by atoms with E-state index in [1.807, 2.05) is 43.0 Å². The van der Waals surface area contributed by atoms with Gasteiger partial charge in [0.15, 0.2) is 0 Å². The number of hydrogen-bond donors (Lipinski definition) is 1. The van der Waals surface area contributed by atoms with Gasteiger partial charge in [0.1, 0.15) is 11.9 Å². The molecule has 1 aromatic carbocycles. The lowest BCUT2D eigenvalue weighted by molar-refractivity contribution is 0.0500. The predicted octanol–water partition coefficient (Wildman–Crippen LogP) is 2.58. The van der Waals surface area contributed by atoms with Crippen LogP contribution in [0.5, 0.6) is 5.75 Å². The minimum absolute atomic E-state index is 0.0187. The van der Waals surface area contributed by atoms with Gasteiger partial charge in [-0.15, -0.1) is 0 Å². The first-order valence-corrected chi connectivity index (χ1v) is 7.88. The highest BCUT2D eigenvalue weighted by atomic mass is 16.5. The number of aryl methyl sites for hydroxylation is 1. The highest BCUT2D eigenvalue weighted by molar-refractivity contribution is 5.74. The van der Waals surface area contributed by atoms with Crippen molar-refractivity contribution < 1.29 is 14.3 Å². The molecule has 1 aliphatic heterocycles. The number of para-hydroxylation sites is 1. The zero-order chi connectivity index (χ0) is 15.9. The van der Waals surface area contributed by atoms with Gasteiger partial charge >= 0.3 is 6.03 Å². The van der Waals surface area contributed by atoms with Crippen LogP contribution in [0.1, 0.15) is 25.3 Å². The van der Waals surface area contributed by atoms with Crippen molar-refractivity contribution >= 4 is 6.03 Å². The summed E-state index contributed by atoms with van der Waals surface area (Å²) in [6.07, 6.45) is 2.02. The van der Waals surface area contributed by atoms with Crippen molar-refractivity contribution in [1.82, 2.24) is 10.2 Å². The Balaban J connectivity index is 1.73. The first-order chi connectivity index (χ1) is 10.6. The van der Waals surface area contributed by atoms with Gasteiger partial charge in [0.25, 0.3) is 0 Å². The molecule has 5 nitrogen and oxygen atoms in total. The first-order valence-electron chi connectivity index (χ1n) is 7.88. The van der Waals surface area contributed by atoms with E-state index < -0.39 is 0 Å². The number of amides is 2. The van der Waals surface area contributed by atoms with Gasteiger partial charge < -0.3 is 19.7 Å². The molecule has 0 aromatic heterocycles. The van der Waals surface area contributed by atoms with E-state index in [-0.39, 0.29) is 18.2 Å². The van der Waals surface area contributed by atoms with Crippen molar-refractivity contribution in [3.8, 4) is 5.75 Å². The van der Waals surface area contributed by atoms with Crippen LogP contribution in [0.2, 0.25) is 0 Å². The zero-order valence-corrected chi connectivity index (χ0v) is 13.7. The average Bonchev–Trinajstić information content (AvgIpc) is 2.55. The number of ether oxygens (including phenoxy) is 2. The number of carbonyl (C=O) groups excluding carboxylic acids is 1. The topological polar surface area (TPSA) is 50.8 Å². The largest absolute Gasteiger partial charge is 0.489 e. The molecule has 22 heavy (non-hydrogen) atoms. The maximum Gasteiger partial charge on any atom is 0.317 e. The minimum atomic E-state index is -0.0680. The van der Waals surface area contributed by atoms with Gasteiger partial charge in [-0.05, 0) is 38.3 Å². The average molecular weight is 306 g/mol. The molecule has 1 heterocycles. The summed E-state index contributed by atoms with van der Waals surface area (Å²) in [7, 11) is 1.73. The van der Waals surface area contributed by atoms with E-state index in [4.69, 9.17) is 9.47 Å². The lowest BCUT2D eigenvalue weighted by Crippen LogP contribution is -2.47. The van der Waals surface area contributed by atoms with Crippen LogP contribution in [0.25, 0.3) is 0 Å². The Morgan fingerprint density at radius 1 is 1.36 bits per heavy atom. The smallest absolute Gasteiger partial charge is 0.317 e. The molecular weight excluding hydrogens is 280 g/mol. The van der Waals surface area contributed by atoms with E-state index in [1.54, 1.807) is 7.11 Å². The van der Waals surface area contributed by atoms with Gasteiger partial charge in [0, 0.05) is 20.2 Å². The molecule has 1 unspecified atom stereocenters. The second kappa shape index (κ2) is 8.03. The molecule has 0 spiro atoms. The van der Waals surface area contributed by atoms with E-state index >= 15 is 0 Å². The number of hydrogen-bond acceptors (Lipinski definition) is 3. The lowest BCUT2D eigenvalue weighted by Gasteiger charge is -2.31. The van der Waals surface area contributed by atoms with Crippen LogP contribution in [0.15, 0.2) is 24.3 Å². The summed E-state index contributed by atoms with van der Waals surface area (Å²) in [5.41, 5.74) is 1.10. The van der Waals surface area contributed by atoms with Crippen LogP contribution >= 0.6 is 0 Å². The maximum atomic E-state index is 12.1. The van der Waals surface area contributed by atoms with Crippen LogP contribution in [-0.4, -0.2) is 49.9 Å². The van der Waals surface area contributed by atoms with Crippen molar-refractivity contribution in [3.05, 3.63) is 29.8 Å². The van der Waals surface area contributed by atoms with E-state index in [9.17, 15) is 4.79 Å². The Bertz CT molecular complexity index is 485. The number of benzene rings is 1. The number of nitrogens with one attached hydrogen (secondary N) is 1. The number of likely N-dealkylation sites (tertiary alicyclic amines) is 1. The monoisotopic (exact) mass is 306 g/mol. The summed E-state index contributed by atoms with van der Waals surface area (Å²) >= 11 is 0. The van der Waals surface area contributed by atoms with E-state index in [0.717, 1.165) is 37.2 Å². The summed E-state index contributed by atoms with van der Waals surface area (Å²) in [6.45, 7) is 5.97. The van der Waals surface area contributed by atoms with Crippen molar-refractivity contribution in [2.24, 2.45) is 0 Å². The molecular formula is C17H26N2O3. The van der Waals surface area contributed by atoms with Crippen LogP contribution in [0, 0.1) is 6.92 Å². The fraction of sp³-hybridized carbons (Fsp3) is 0.588. The van der Waals surface area contributed by atoms with E-state index in [1.165, 1.54) is 0 Å². The Kier molecular flexibility index (Phi) is 6.07. The number of carbonyl (C=O) groups is 1. The van der Waals surface area contributed by atoms with Crippen molar-refractivity contribution in [2.75, 3.05) is 26.7 Å². The maximum absolute atomic E-state index is 12.1. The van der Waals surface area contributed by atoms with Crippen molar-refractivity contribution in [1.29, 1.82) is 0 Å². The Labute approximate surface area is 132 Å². The number of methoxy groups -OCH3 is 1. The molecule has 0 radical (unpaired) electrons. The molecule has 0 aliphatic carbocycles. The molecule has 122 valence electrons. The third-order valence-corrected chi connectivity index (χ3v) is 4.03. The van der Waals surface area contributed by atoms with Crippen LogP contribution < -0.4 is 10.1 Å². The van der Waals surface area contributed by atoms with Crippen LogP contribution in [-0.2, 0) is 4.74 Å². The summed E-state index contributed by atoms with van der Waals surface area (Å²) in [5.74, 6) is 0.866. The molecule has 2 amide bonds. The SMILES string of the molecule is COC1CCN(C(=O)NCC(C)Oc2ccccc2C)CC1. The summed E-state index contributed by atoms with van der Waals surface area (Å²) in [5, 5.41) is 2.95. The highest BCUT2D eigenvalue weighted by Gasteiger charge is 2.22. The van der Waals surface area contributed by atoms with Crippen molar-refractivity contribution in [2.45, 2.75) is 38.9 Å². The lowest BCUT2D eigenvalue weighted by atomic mass is 10.1. The number of urea groups is 1. The fourth-order valence-corrected chi connectivity index (χ4v) is 2.58. The molecule has 1 aliphatic rings. The van der Waals surface area contributed by atoms with Gasteiger partial charge in [-0.1, -0.05) is 18.2 Å². The van der Waals surface area contributed by atoms with Gasteiger partial charge in [-0.25, -0.2) is 4.79 Å². The normalized spacial score (nSPS) is 17.1. The first kappa shape index (κ1) is 16.6. The zero-order valence-electron chi connectivity index (χ0n) is 13.7. The van der Waals surface area contributed by atoms with Gasteiger partial charge in [0.05, 0.1) is 12.6 Å². The molecule has 5 heteroatoms. The Hall–Kier alpha value is -1.75. The predicted molar refractivity (Wildman–Crippen MR) is 86.3 cm³/mol. The Morgan fingerprint density at radius 2 is 2.05 bits per heavy atom. The molecule has 0 bridgehead atoms. The summed E-state index contributed by atoms with van der Waals surface area (Å²) in [4.78, 5) is 14.0. The second-order valence-electron chi connectivity index (χ2n) is 5.80. The third kappa shape index (κ3) is 4.63. The number of rotatable bonds is 5. The van der Waals surface area contributed by atoms with Crippen LogP contribution in [0.3, 0.4) is 0 Å². The minimum Gasteiger partial charge on any atom is -0.489 e. The van der Waals surface area contributed by atoms with Crippen LogP contribution in [0.4, 0.5) is 4.79 Å². The standard InChI is InChI=1S/C17H26N2O3/c1-13-6-4-5-7-16(13)22-14(2)12-18-17(20)19-10-8-15(21-3)9-11-19/h4-7,14-15H,8-12H2,1-3H3,(H,18,20). The molecule has 1 saturated heterocycles. The fourth-order valence-electron chi connectivity index (χ4n) is 2.58. The molecule has 1 atom stereocenters. The third-order valence-electron chi connectivity index (χ3n) is 4.03.